The number of benzene rings is 2. The lowest BCUT2D eigenvalue weighted by Gasteiger charge is -2.09. The summed E-state index contributed by atoms with van der Waals surface area (Å²) in [6.07, 6.45) is 7.74. The van der Waals surface area contributed by atoms with Crippen molar-refractivity contribution in [2.45, 2.75) is 19.3 Å². The van der Waals surface area contributed by atoms with Crippen LogP contribution >= 0.6 is 0 Å². The van der Waals surface area contributed by atoms with Crippen molar-refractivity contribution in [1.29, 1.82) is 0 Å². The molecule has 2 aromatic carbocycles. The number of para-hydroxylation sites is 1. The number of amides is 1. The van der Waals surface area contributed by atoms with E-state index in [1.807, 2.05) is 59.3 Å². The van der Waals surface area contributed by atoms with E-state index < -0.39 is 0 Å². The number of imidazole rings is 1. The fraction of sp³-hybridized carbons (Fsp3) is 0.174. The lowest BCUT2D eigenvalue weighted by Crippen LogP contribution is -2.15. The summed E-state index contributed by atoms with van der Waals surface area (Å²) >= 11 is 0. The van der Waals surface area contributed by atoms with Crippen LogP contribution in [0.15, 0.2) is 73.2 Å². The molecule has 1 amide bonds. The number of carbonyl (C=O) groups is 1. The monoisotopic (exact) mass is 401 g/mol. The van der Waals surface area contributed by atoms with Crippen molar-refractivity contribution in [2.75, 3.05) is 11.9 Å². The Hall–Kier alpha value is -3.71. The van der Waals surface area contributed by atoms with Crippen LogP contribution < -0.4 is 5.32 Å². The minimum absolute atomic E-state index is 0.163. The average Bonchev–Trinajstić information content (AvgIpc) is 3.45. The molecule has 4 rings (SSSR count). The number of unbranched alkanes of at least 4 members (excludes halogenated alkanes) is 1. The van der Waals surface area contributed by atoms with E-state index in [4.69, 9.17) is 5.11 Å². The van der Waals surface area contributed by atoms with Gasteiger partial charge in [-0.25, -0.2) is 4.98 Å². The summed E-state index contributed by atoms with van der Waals surface area (Å²) in [6.45, 7) is 0.163. The average molecular weight is 401 g/mol. The molecule has 0 atom stereocenters. The number of H-pyrrole nitrogens is 1. The Labute approximate surface area is 174 Å². The standard InChI is InChI=1S/C23H23N5O2/c29-12-5-4-9-20-16-28(21-10-2-1-3-11-21)23(26-20)27-22(30)18-8-6-7-17(13-18)19-14-24-25-15-19/h1-3,6-8,10-11,13-16,29H,4-5,9,12H2,(H,24,25)(H,26,27,30). The second kappa shape index (κ2) is 9.19. The van der Waals surface area contributed by atoms with Crippen molar-refractivity contribution in [3.8, 4) is 16.8 Å². The molecular weight excluding hydrogens is 378 g/mol. The van der Waals surface area contributed by atoms with E-state index in [2.05, 4.69) is 20.5 Å². The summed E-state index contributed by atoms with van der Waals surface area (Å²) in [5.41, 5.74) is 4.16. The highest BCUT2D eigenvalue weighted by molar-refractivity contribution is 6.04. The van der Waals surface area contributed by atoms with Gasteiger partial charge < -0.3 is 5.11 Å². The van der Waals surface area contributed by atoms with E-state index in [0.29, 0.717) is 11.5 Å². The second-order valence-corrected chi connectivity index (χ2v) is 6.96. The SMILES string of the molecule is O=C(Nc1nc(CCCCO)cn1-c1ccccc1)c1cccc(-c2cn[nH]c2)c1. The number of aromatic nitrogens is 4. The highest BCUT2D eigenvalue weighted by atomic mass is 16.2. The Kier molecular flexibility index (Phi) is 6.01. The molecule has 3 N–H and O–H groups in total. The molecule has 0 unspecified atom stereocenters. The third-order valence-corrected chi connectivity index (χ3v) is 4.81. The van der Waals surface area contributed by atoms with E-state index in [1.54, 1.807) is 18.5 Å². The van der Waals surface area contributed by atoms with Crippen LogP contribution in [-0.2, 0) is 6.42 Å². The molecule has 0 bridgehead atoms. The highest BCUT2D eigenvalue weighted by Crippen LogP contribution is 2.21. The Morgan fingerprint density at radius 3 is 2.70 bits per heavy atom. The number of hydrogen-bond acceptors (Lipinski definition) is 4. The zero-order chi connectivity index (χ0) is 20.8. The van der Waals surface area contributed by atoms with Crippen molar-refractivity contribution < 1.29 is 9.90 Å². The van der Waals surface area contributed by atoms with E-state index in [-0.39, 0.29) is 12.5 Å². The Balaban J connectivity index is 1.60. The second-order valence-electron chi connectivity index (χ2n) is 6.96. The number of aryl methyl sites for hydroxylation is 1. The molecule has 152 valence electrons. The molecular formula is C23H23N5O2. The van der Waals surface area contributed by atoms with Crippen molar-refractivity contribution in [3.05, 3.63) is 84.4 Å². The van der Waals surface area contributed by atoms with Gasteiger partial charge in [0.05, 0.1) is 11.9 Å². The van der Waals surface area contributed by atoms with Crippen molar-refractivity contribution >= 4 is 11.9 Å². The first-order valence-electron chi connectivity index (χ1n) is 9.90. The molecule has 0 radical (unpaired) electrons. The Morgan fingerprint density at radius 2 is 1.93 bits per heavy atom. The summed E-state index contributed by atoms with van der Waals surface area (Å²) in [6, 6.07) is 17.2. The Bertz CT molecular complexity index is 1100. The van der Waals surface area contributed by atoms with Crippen LogP contribution in [0.3, 0.4) is 0 Å². The van der Waals surface area contributed by atoms with Gasteiger partial charge in [0.25, 0.3) is 5.91 Å². The number of rotatable bonds is 8. The number of carbonyl (C=O) groups excluding carboxylic acids is 1. The molecule has 0 aliphatic rings. The third kappa shape index (κ3) is 4.47. The number of aliphatic hydroxyl groups excluding tert-OH is 1. The van der Waals surface area contributed by atoms with Gasteiger partial charge in [-0.15, -0.1) is 0 Å². The van der Waals surface area contributed by atoms with Gasteiger partial charge in [-0.2, -0.15) is 5.10 Å². The first-order valence-corrected chi connectivity index (χ1v) is 9.90. The molecule has 7 nitrogen and oxygen atoms in total. The van der Waals surface area contributed by atoms with Gasteiger partial charge in [0.2, 0.25) is 5.95 Å². The molecule has 2 aromatic heterocycles. The minimum Gasteiger partial charge on any atom is -0.396 e. The maximum absolute atomic E-state index is 13.0. The van der Waals surface area contributed by atoms with Crippen LogP contribution in [0.4, 0.5) is 5.95 Å². The zero-order valence-electron chi connectivity index (χ0n) is 16.5. The van der Waals surface area contributed by atoms with Gasteiger partial charge in [0.1, 0.15) is 0 Å². The molecule has 30 heavy (non-hydrogen) atoms. The van der Waals surface area contributed by atoms with Crippen molar-refractivity contribution in [2.24, 2.45) is 0 Å². The van der Waals surface area contributed by atoms with Gasteiger partial charge in [-0.1, -0.05) is 30.3 Å². The highest BCUT2D eigenvalue weighted by Gasteiger charge is 2.15. The summed E-state index contributed by atoms with van der Waals surface area (Å²) in [5.74, 6) is 0.240. The van der Waals surface area contributed by atoms with Gasteiger partial charge in [0, 0.05) is 35.8 Å². The van der Waals surface area contributed by atoms with Crippen LogP contribution in [0.2, 0.25) is 0 Å². The van der Waals surface area contributed by atoms with E-state index >= 15 is 0 Å². The minimum atomic E-state index is -0.231. The number of aromatic amines is 1. The lowest BCUT2D eigenvalue weighted by atomic mass is 10.1. The van der Waals surface area contributed by atoms with Crippen molar-refractivity contribution in [3.63, 3.8) is 0 Å². The molecule has 0 saturated carbocycles. The predicted molar refractivity (Wildman–Crippen MR) is 116 cm³/mol. The lowest BCUT2D eigenvalue weighted by molar-refractivity contribution is 0.102. The van der Waals surface area contributed by atoms with E-state index in [0.717, 1.165) is 41.8 Å². The van der Waals surface area contributed by atoms with Gasteiger partial charge in [-0.05, 0) is 49.1 Å². The first kappa shape index (κ1) is 19.6. The molecule has 2 heterocycles. The zero-order valence-corrected chi connectivity index (χ0v) is 16.5. The molecule has 0 aliphatic heterocycles. The quantitative estimate of drug-likeness (QED) is 0.391. The van der Waals surface area contributed by atoms with Crippen LogP contribution in [0.1, 0.15) is 28.9 Å². The predicted octanol–water partition coefficient (Wildman–Crippen LogP) is 3.83. The first-order chi connectivity index (χ1) is 14.7. The molecule has 0 spiro atoms. The number of anilines is 1. The molecule has 0 saturated heterocycles. The number of nitrogens with one attached hydrogen (secondary N) is 2. The molecule has 7 heteroatoms. The molecule has 0 aliphatic carbocycles. The summed E-state index contributed by atoms with van der Waals surface area (Å²) < 4.78 is 1.88. The van der Waals surface area contributed by atoms with E-state index in [9.17, 15) is 4.79 Å². The van der Waals surface area contributed by atoms with Gasteiger partial charge in [-0.3, -0.25) is 19.8 Å². The fourth-order valence-electron chi connectivity index (χ4n) is 3.26. The normalized spacial score (nSPS) is 10.8. The fourth-order valence-corrected chi connectivity index (χ4v) is 3.26. The number of aliphatic hydroxyl groups is 1. The largest absolute Gasteiger partial charge is 0.396 e. The topological polar surface area (TPSA) is 95.8 Å². The Morgan fingerprint density at radius 1 is 1.07 bits per heavy atom. The van der Waals surface area contributed by atoms with Gasteiger partial charge in [0.15, 0.2) is 0 Å². The van der Waals surface area contributed by atoms with Crippen LogP contribution in [0.25, 0.3) is 16.8 Å². The van der Waals surface area contributed by atoms with Gasteiger partial charge >= 0.3 is 0 Å². The van der Waals surface area contributed by atoms with Crippen LogP contribution in [-0.4, -0.2) is 37.4 Å². The molecule has 4 aromatic rings. The summed E-state index contributed by atoms with van der Waals surface area (Å²) in [4.78, 5) is 17.6. The van der Waals surface area contributed by atoms with E-state index in [1.165, 1.54) is 0 Å². The maximum atomic E-state index is 13.0. The van der Waals surface area contributed by atoms with Crippen molar-refractivity contribution in [1.82, 2.24) is 19.7 Å². The summed E-state index contributed by atoms with van der Waals surface area (Å²) in [5, 5.41) is 18.7. The summed E-state index contributed by atoms with van der Waals surface area (Å²) in [7, 11) is 0. The number of hydrogen-bond donors (Lipinski definition) is 3. The molecule has 0 fully saturated rings. The van der Waals surface area contributed by atoms with Crippen LogP contribution in [0, 0.1) is 0 Å². The smallest absolute Gasteiger partial charge is 0.258 e. The van der Waals surface area contributed by atoms with Crippen LogP contribution in [0.5, 0.6) is 0 Å². The maximum Gasteiger partial charge on any atom is 0.258 e. The number of nitrogens with zero attached hydrogens (tertiary/aromatic N) is 3. The third-order valence-electron chi connectivity index (χ3n) is 4.81.